The fourth-order valence-electron chi connectivity index (χ4n) is 5.35. The van der Waals surface area contributed by atoms with Gasteiger partial charge in [0.15, 0.2) is 40.3 Å². The van der Waals surface area contributed by atoms with Gasteiger partial charge in [0, 0.05) is 11.6 Å². The van der Waals surface area contributed by atoms with Crippen LogP contribution >= 0.6 is 0 Å². The molecular formula is C28H32O16. The molecule has 16 heteroatoms. The van der Waals surface area contributed by atoms with E-state index in [1.54, 1.807) is 0 Å². The lowest BCUT2D eigenvalue weighted by Crippen LogP contribution is -2.60. The van der Waals surface area contributed by atoms with Gasteiger partial charge in [-0.25, -0.2) is 0 Å². The van der Waals surface area contributed by atoms with E-state index in [0.717, 1.165) is 18.2 Å². The molecule has 2 aliphatic heterocycles. The minimum atomic E-state index is -1.87. The van der Waals surface area contributed by atoms with E-state index < -0.39 is 96.4 Å². The van der Waals surface area contributed by atoms with Crippen LogP contribution in [-0.2, 0) is 14.2 Å². The predicted molar refractivity (Wildman–Crippen MR) is 145 cm³/mol. The van der Waals surface area contributed by atoms with Crippen molar-refractivity contribution >= 4 is 11.0 Å². The van der Waals surface area contributed by atoms with Crippen molar-refractivity contribution < 1.29 is 74.1 Å². The number of methoxy groups -OCH3 is 2. The van der Waals surface area contributed by atoms with E-state index in [9.17, 15) is 50.8 Å². The van der Waals surface area contributed by atoms with Crippen LogP contribution in [0, 0.1) is 0 Å². The summed E-state index contributed by atoms with van der Waals surface area (Å²) in [6.45, 7) is -1.26. The highest BCUT2D eigenvalue weighted by Crippen LogP contribution is 2.51. The zero-order valence-corrected chi connectivity index (χ0v) is 23.3. The Morgan fingerprint density at radius 1 is 0.886 bits per heavy atom. The summed E-state index contributed by atoms with van der Waals surface area (Å²) in [5.41, 5.74) is -1.26. The van der Waals surface area contributed by atoms with Crippen molar-refractivity contribution in [2.24, 2.45) is 0 Å². The Morgan fingerprint density at radius 2 is 1.59 bits per heavy atom. The highest BCUT2D eigenvalue weighted by Gasteiger charge is 2.51. The second-order valence-electron chi connectivity index (χ2n) is 10.3. The van der Waals surface area contributed by atoms with E-state index in [0.29, 0.717) is 0 Å². The zero-order valence-electron chi connectivity index (χ0n) is 23.3. The van der Waals surface area contributed by atoms with Crippen molar-refractivity contribution in [2.45, 2.75) is 55.1 Å². The third-order valence-corrected chi connectivity index (χ3v) is 7.66. The fourth-order valence-corrected chi connectivity index (χ4v) is 5.35. The van der Waals surface area contributed by atoms with E-state index in [2.05, 4.69) is 0 Å². The molecule has 0 bridgehead atoms. The van der Waals surface area contributed by atoms with Crippen molar-refractivity contribution in [1.82, 2.24) is 0 Å². The van der Waals surface area contributed by atoms with E-state index in [-0.39, 0.29) is 34.0 Å². The number of hydrogen-bond acceptors (Lipinski definition) is 16. The molecule has 240 valence electrons. The molecule has 2 aromatic carbocycles. The predicted octanol–water partition coefficient (Wildman–Crippen LogP) is -1.43. The minimum absolute atomic E-state index is 0.131. The molecule has 1 aromatic heterocycles. The maximum atomic E-state index is 13.5. The minimum Gasteiger partial charge on any atom is -0.504 e. The van der Waals surface area contributed by atoms with Gasteiger partial charge in [0.1, 0.15) is 60.0 Å². The Balaban J connectivity index is 1.76. The van der Waals surface area contributed by atoms with Gasteiger partial charge in [0.2, 0.25) is 5.75 Å². The average molecular weight is 625 g/mol. The van der Waals surface area contributed by atoms with Crippen molar-refractivity contribution in [2.75, 3.05) is 27.4 Å². The number of benzene rings is 2. The number of phenols is 3. The first-order valence-corrected chi connectivity index (χ1v) is 13.3. The standard InChI is InChI=1S/C28H32O16/c1-39-24-17(25-27(21(37)19(35)15(7-29)43-25)44-28-22(38)18(34)13(33)8-41-28)23-16(20(36)26(24)40-2)12(32)6-14(42-23)9-3-4-10(30)11(31)5-9/h3-6,13,15,18-19,21-22,25,27-31,33-38H,7-8H2,1-2H3. The molecule has 9 N–H and O–H groups in total. The lowest BCUT2D eigenvalue weighted by atomic mass is 9.89. The summed E-state index contributed by atoms with van der Waals surface area (Å²) in [6.07, 6.45) is -15.0. The molecule has 0 amide bonds. The number of rotatable bonds is 7. The van der Waals surface area contributed by atoms with Crippen LogP contribution in [0.1, 0.15) is 11.7 Å². The van der Waals surface area contributed by atoms with Gasteiger partial charge in [0.25, 0.3) is 0 Å². The van der Waals surface area contributed by atoms with Crippen LogP contribution in [0.25, 0.3) is 22.3 Å². The third kappa shape index (κ3) is 5.29. The molecule has 9 unspecified atom stereocenters. The largest absolute Gasteiger partial charge is 0.504 e. The Kier molecular flexibility index (Phi) is 8.90. The molecule has 0 spiro atoms. The Labute approximate surface area is 248 Å². The summed E-state index contributed by atoms with van der Waals surface area (Å²) in [4.78, 5) is 13.5. The summed E-state index contributed by atoms with van der Waals surface area (Å²) in [5, 5.41) is 92.8. The number of aliphatic hydroxyl groups excluding tert-OH is 6. The SMILES string of the molecule is COc1c(OC)c(O)c2c(=O)cc(-c3ccc(O)c(O)c3)oc2c1C1OC(CO)C(O)C(O)C1OC1OCC(O)C(O)C1O. The number of aliphatic hydroxyl groups is 6. The monoisotopic (exact) mass is 624 g/mol. The maximum Gasteiger partial charge on any atom is 0.204 e. The Morgan fingerprint density at radius 3 is 2.23 bits per heavy atom. The van der Waals surface area contributed by atoms with Gasteiger partial charge in [0.05, 0.1) is 33.0 Å². The van der Waals surface area contributed by atoms with Crippen LogP contribution in [0.3, 0.4) is 0 Å². The molecule has 44 heavy (non-hydrogen) atoms. The average Bonchev–Trinajstić information content (AvgIpc) is 3.00. The van der Waals surface area contributed by atoms with E-state index in [4.69, 9.17) is 28.1 Å². The van der Waals surface area contributed by atoms with Crippen LogP contribution < -0.4 is 14.9 Å². The molecule has 5 rings (SSSR count). The Hall–Kier alpha value is -3.71. The Bertz CT molecular complexity index is 1570. The number of ether oxygens (including phenoxy) is 5. The van der Waals surface area contributed by atoms with Gasteiger partial charge in [-0.15, -0.1) is 0 Å². The number of fused-ring (bicyclic) bond motifs is 1. The van der Waals surface area contributed by atoms with Crippen molar-refractivity contribution in [1.29, 1.82) is 0 Å². The third-order valence-electron chi connectivity index (χ3n) is 7.66. The molecule has 0 saturated carbocycles. The maximum absolute atomic E-state index is 13.5. The first-order valence-electron chi connectivity index (χ1n) is 13.3. The van der Waals surface area contributed by atoms with Crippen LogP contribution in [0.15, 0.2) is 33.5 Å². The van der Waals surface area contributed by atoms with Crippen LogP contribution in [-0.4, -0.2) is 122 Å². The fraction of sp³-hybridized carbons (Fsp3) is 0.464. The van der Waals surface area contributed by atoms with Crippen molar-refractivity contribution in [3.8, 4) is 40.1 Å². The summed E-state index contributed by atoms with van der Waals surface area (Å²) in [7, 11) is 2.36. The summed E-state index contributed by atoms with van der Waals surface area (Å²) < 4.78 is 34.1. The van der Waals surface area contributed by atoms with E-state index >= 15 is 0 Å². The first-order chi connectivity index (χ1) is 20.9. The number of hydrogen-bond donors (Lipinski definition) is 9. The molecule has 2 aliphatic rings. The van der Waals surface area contributed by atoms with Gasteiger partial charge in [-0.05, 0) is 18.2 Å². The van der Waals surface area contributed by atoms with Gasteiger partial charge in [-0.2, -0.15) is 0 Å². The molecule has 16 nitrogen and oxygen atoms in total. The summed E-state index contributed by atoms with van der Waals surface area (Å²) in [5.74, 6) is -2.43. The molecule has 9 atom stereocenters. The highest BCUT2D eigenvalue weighted by molar-refractivity contribution is 5.93. The second kappa shape index (κ2) is 12.4. The van der Waals surface area contributed by atoms with Gasteiger partial charge in [-0.1, -0.05) is 0 Å². The normalized spacial score (nSPS) is 30.8. The summed E-state index contributed by atoms with van der Waals surface area (Å²) >= 11 is 0. The first kappa shape index (κ1) is 31.7. The van der Waals surface area contributed by atoms with Gasteiger partial charge >= 0.3 is 0 Å². The quantitative estimate of drug-likeness (QED) is 0.137. The topological polar surface area (TPSA) is 258 Å². The van der Waals surface area contributed by atoms with Crippen molar-refractivity contribution in [3.05, 3.63) is 40.1 Å². The smallest absolute Gasteiger partial charge is 0.204 e. The van der Waals surface area contributed by atoms with Crippen molar-refractivity contribution in [3.63, 3.8) is 0 Å². The lowest BCUT2D eigenvalue weighted by molar-refractivity contribution is -0.325. The molecule has 2 saturated heterocycles. The summed E-state index contributed by atoms with van der Waals surface area (Å²) in [6, 6.07) is 4.62. The highest BCUT2D eigenvalue weighted by atomic mass is 16.7. The van der Waals surface area contributed by atoms with E-state index in [1.165, 1.54) is 20.3 Å². The molecule has 2 fully saturated rings. The molecule has 3 heterocycles. The molecular weight excluding hydrogens is 592 g/mol. The van der Waals surface area contributed by atoms with Gasteiger partial charge in [-0.3, -0.25) is 4.79 Å². The lowest BCUT2D eigenvalue weighted by Gasteiger charge is -2.45. The van der Waals surface area contributed by atoms with Gasteiger partial charge < -0.3 is 74.1 Å². The zero-order chi connectivity index (χ0) is 32.0. The van der Waals surface area contributed by atoms with Crippen LogP contribution in [0.2, 0.25) is 0 Å². The second-order valence-corrected chi connectivity index (χ2v) is 10.3. The molecule has 3 aromatic rings. The molecule has 0 radical (unpaired) electrons. The number of aromatic hydroxyl groups is 3. The number of phenolic OH excluding ortho intramolecular Hbond substituents is 3. The molecule has 0 aliphatic carbocycles. The van der Waals surface area contributed by atoms with Crippen LogP contribution in [0.5, 0.6) is 28.7 Å². The van der Waals surface area contributed by atoms with E-state index in [1.807, 2.05) is 0 Å². The van der Waals surface area contributed by atoms with Crippen LogP contribution in [0.4, 0.5) is 0 Å².